The van der Waals surface area contributed by atoms with Crippen LogP contribution in [0.15, 0.2) is 36.5 Å². The molecule has 0 radical (unpaired) electrons. The number of benzene rings is 1. The number of nitrogen functional groups attached to an aromatic ring is 1. The Morgan fingerprint density at radius 3 is 2.82 bits per heavy atom. The Morgan fingerprint density at radius 1 is 1.35 bits per heavy atom. The molecule has 0 atom stereocenters. The largest absolute Gasteiger partial charge is 0.397 e. The Bertz CT molecular complexity index is 586. The van der Waals surface area contributed by atoms with E-state index in [0.717, 1.165) is 6.07 Å². The first-order chi connectivity index (χ1) is 8.09. The number of pyridine rings is 1. The van der Waals surface area contributed by atoms with Crippen LogP contribution in [-0.4, -0.2) is 10.8 Å². The summed E-state index contributed by atoms with van der Waals surface area (Å²) >= 11 is 5.84. The molecule has 1 aromatic carbocycles. The third-order valence-electron chi connectivity index (χ3n) is 2.23. The lowest BCUT2D eigenvalue weighted by atomic mass is 10.1. The molecule has 0 aliphatic rings. The number of hydrogen-bond acceptors (Lipinski definition) is 3. The summed E-state index contributed by atoms with van der Waals surface area (Å²) in [6.07, 6.45) is 1.44. The van der Waals surface area contributed by atoms with Gasteiger partial charge < -0.3 is 5.73 Å². The molecule has 0 aliphatic heterocycles. The molecule has 3 nitrogen and oxygen atoms in total. The third-order valence-corrected chi connectivity index (χ3v) is 2.56. The van der Waals surface area contributed by atoms with E-state index in [1.165, 1.54) is 18.3 Å². The lowest BCUT2D eigenvalue weighted by Gasteiger charge is -2.05. The summed E-state index contributed by atoms with van der Waals surface area (Å²) in [5.41, 5.74) is 5.98. The summed E-state index contributed by atoms with van der Waals surface area (Å²) in [4.78, 5) is 15.9. The van der Waals surface area contributed by atoms with Gasteiger partial charge in [-0.25, -0.2) is 4.39 Å². The van der Waals surface area contributed by atoms with E-state index in [0.29, 0.717) is 0 Å². The van der Waals surface area contributed by atoms with Gasteiger partial charge in [0.15, 0.2) is 0 Å². The molecule has 2 aromatic rings. The summed E-state index contributed by atoms with van der Waals surface area (Å²) in [5.74, 6) is -1.03. The molecule has 0 amide bonds. The standard InChI is InChI=1S/C12H8ClFN2O/c13-9-4-3-7(14)6-8(9)12(17)11-10(15)2-1-5-16-11/h1-6H,15H2. The lowest BCUT2D eigenvalue weighted by Crippen LogP contribution is -2.08. The van der Waals surface area contributed by atoms with E-state index in [4.69, 9.17) is 17.3 Å². The highest BCUT2D eigenvalue weighted by molar-refractivity contribution is 6.35. The number of anilines is 1. The van der Waals surface area contributed by atoms with Gasteiger partial charge in [0.2, 0.25) is 5.78 Å². The van der Waals surface area contributed by atoms with Gasteiger partial charge in [-0.15, -0.1) is 0 Å². The van der Waals surface area contributed by atoms with Crippen LogP contribution in [0.2, 0.25) is 5.02 Å². The number of rotatable bonds is 2. The zero-order valence-corrected chi connectivity index (χ0v) is 9.41. The average molecular weight is 251 g/mol. The number of nitrogens with two attached hydrogens (primary N) is 1. The molecule has 0 bridgehead atoms. The third kappa shape index (κ3) is 2.26. The quantitative estimate of drug-likeness (QED) is 0.834. The number of hydrogen-bond donors (Lipinski definition) is 1. The van der Waals surface area contributed by atoms with Gasteiger partial charge in [-0.2, -0.15) is 0 Å². The Kier molecular flexibility index (Phi) is 3.06. The van der Waals surface area contributed by atoms with Crippen LogP contribution in [0.4, 0.5) is 10.1 Å². The molecule has 0 aliphatic carbocycles. The molecule has 0 saturated carbocycles. The number of ketones is 1. The normalized spacial score (nSPS) is 10.2. The summed E-state index contributed by atoms with van der Waals surface area (Å²) in [7, 11) is 0. The Balaban J connectivity index is 2.51. The summed E-state index contributed by atoms with van der Waals surface area (Å²) < 4.78 is 13.1. The number of halogens is 2. The second-order valence-electron chi connectivity index (χ2n) is 3.39. The van der Waals surface area contributed by atoms with Crippen molar-refractivity contribution in [3.05, 3.63) is 58.6 Å². The topological polar surface area (TPSA) is 56.0 Å². The zero-order chi connectivity index (χ0) is 12.4. The van der Waals surface area contributed by atoms with Crippen molar-refractivity contribution in [2.45, 2.75) is 0 Å². The Hall–Kier alpha value is -1.94. The minimum absolute atomic E-state index is 0.0528. The molecule has 86 valence electrons. The van der Waals surface area contributed by atoms with E-state index >= 15 is 0 Å². The van der Waals surface area contributed by atoms with Crippen LogP contribution in [0.25, 0.3) is 0 Å². The van der Waals surface area contributed by atoms with Gasteiger partial charge in [0, 0.05) is 11.8 Å². The monoisotopic (exact) mass is 250 g/mol. The van der Waals surface area contributed by atoms with Crippen LogP contribution >= 0.6 is 11.6 Å². The Labute approximate surface area is 102 Å². The van der Waals surface area contributed by atoms with Crippen molar-refractivity contribution in [2.24, 2.45) is 0 Å². The summed E-state index contributed by atoms with van der Waals surface area (Å²) in [6.45, 7) is 0. The maximum atomic E-state index is 13.1. The van der Waals surface area contributed by atoms with Gasteiger partial charge in [0.1, 0.15) is 11.5 Å². The van der Waals surface area contributed by atoms with Crippen molar-refractivity contribution < 1.29 is 9.18 Å². The van der Waals surface area contributed by atoms with E-state index in [1.807, 2.05) is 0 Å². The number of carbonyl (C=O) groups excluding carboxylic acids is 1. The van der Waals surface area contributed by atoms with Gasteiger partial charge in [0.05, 0.1) is 10.7 Å². The van der Waals surface area contributed by atoms with Crippen LogP contribution in [0.3, 0.4) is 0 Å². The van der Waals surface area contributed by atoms with Crippen LogP contribution in [0.1, 0.15) is 16.1 Å². The van der Waals surface area contributed by atoms with Gasteiger partial charge in [-0.05, 0) is 30.3 Å². The van der Waals surface area contributed by atoms with Crippen molar-refractivity contribution in [1.29, 1.82) is 0 Å². The molecule has 0 fully saturated rings. The predicted octanol–water partition coefficient (Wildman–Crippen LogP) is 2.69. The summed E-state index contributed by atoms with van der Waals surface area (Å²) in [6, 6.07) is 6.73. The fraction of sp³-hybridized carbons (Fsp3) is 0. The molecule has 1 aromatic heterocycles. The van der Waals surface area contributed by atoms with E-state index in [9.17, 15) is 9.18 Å². The van der Waals surface area contributed by atoms with Crippen LogP contribution < -0.4 is 5.73 Å². The van der Waals surface area contributed by atoms with Crippen molar-refractivity contribution in [2.75, 3.05) is 5.73 Å². The smallest absolute Gasteiger partial charge is 0.215 e. The highest BCUT2D eigenvalue weighted by atomic mass is 35.5. The van der Waals surface area contributed by atoms with Crippen molar-refractivity contribution in [1.82, 2.24) is 4.98 Å². The average Bonchev–Trinajstić information content (AvgIpc) is 2.32. The van der Waals surface area contributed by atoms with Gasteiger partial charge in [-0.3, -0.25) is 9.78 Å². The lowest BCUT2D eigenvalue weighted by molar-refractivity contribution is 0.103. The molecule has 0 spiro atoms. The number of aromatic nitrogens is 1. The van der Waals surface area contributed by atoms with E-state index in [1.54, 1.807) is 12.1 Å². The fourth-order valence-corrected chi connectivity index (χ4v) is 1.61. The van der Waals surface area contributed by atoms with Crippen LogP contribution in [-0.2, 0) is 0 Å². The maximum Gasteiger partial charge on any atom is 0.215 e. The van der Waals surface area contributed by atoms with Crippen LogP contribution in [0, 0.1) is 5.82 Å². The van der Waals surface area contributed by atoms with Crippen molar-refractivity contribution in [3.8, 4) is 0 Å². The minimum Gasteiger partial charge on any atom is -0.397 e. The maximum absolute atomic E-state index is 13.1. The van der Waals surface area contributed by atoms with Gasteiger partial charge >= 0.3 is 0 Å². The highest BCUT2D eigenvalue weighted by Gasteiger charge is 2.17. The second kappa shape index (κ2) is 4.51. The molecule has 5 heteroatoms. The first kappa shape index (κ1) is 11.5. The van der Waals surface area contributed by atoms with Crippen molar-refractivity contribution >= 4 is 23.1 Å². The fourth-order valence-electron chi connectivity index (χ4n) is 1.41. The first-order valence-corrected chi connectivity index (χ1v) is 5.17. The van der Waals surface area contributed by atoms with Gasteiger partial charge in [0.25, 0.3) is 0 Å². The number of nitrogens with zero attached hydrogens (tertiary/aromatic N) is 1. The van der Waals surface area contributed by atoms with E-state index in [-0.39, 0.29) is 22.0 Å². The summed E-state index contributed by atoms with van der Waals surface area (Å²) in [5, 5.41) is 0.168. The highest BCUT2D eigenvalue weighted by Crippen LogP contribution is 2.21. The second-order valence-corrected chi connectivity index (χ2v) is 3.80. The van der Waals surface area contributed by atoms with Crippen LogP contribution in [0.5, 0.6) is 0 Å². The van der Waals surface area contributed by atoms with Gasteiger partial charge in [-0.1, -0.05) is 11.6 Å². The molecule has 2 N–H and O–H groups in total. The molecule has 1 heterocycles. The number of carbonyl (C=O) groups is 1. The van der Waals surface area contributed by atoms with Crippen molar-refractivity contribution in [3.63, 3.8) is 0 Å². The molecule has 0 saturated heterocycles. The molecule has 0 unspecified atom stereocenters. The molecular weight excluding hydrogens is 243 g/mol. The van der Waals surface area contributed by atoms with E-state index < -0.39 is 11.6 Å². The Morgan fingerprint density at radius 2 is 2.12 bits per heavy atom. The van der Waals surface area contributed by atoms with E-state index in [2.05, 4.69) is 4.98 Å². The molecule has 17 heavy (non-hydrogen) atoms. The predicted molar refractivity (Wildman–Crippen MR) is 63.5 cm³/mol. The zero-order valence-electron chi connectivity index (χ0n) is 8.65. The SMILES string of the molecule is Nc1cccnc1C(=O)c1cc(F)ccc1Cl. The first-order valence-electron chi connectivity index (χ1n) is 4.80. The minimum atomic E-state index is -0.535. The molecular formula is C12H8ClFN2O. The molecule has 2 rings (SSSR count).